The van der Waals surface area contributed by atoms with E-state index in [4.69, 9.17) is 17.3 Å². The summed E-state index contributed by atoms with van der Waals surface area (Å²) < 4.78 is 0. The fourth-order valence-electron chi connectivity index (χ4n) is 2.82. The van der Waals surface area contributed by atoms with Crippen molar-refractivity contribution in [2.24, 2.45) is 11.7 Å². The van der Waals surface area contributed by atoms with Gasteiger partial charge in [0.25, 0.3) is 0 Å². The molecule has 2 N–H and O–H groups in total. The van der Waals surface area contributed by atoms with E-state index in [9.17, 15) is 0 Å². The van der Waals surface area contributed by atoms with Crippen LogP contribution in [0.3, 0.4) is 0 Å². The number of benzene rings is 2. The third kappa shape index (κ3) is 2.54. The van der Waals surface area contributed by atoms with Gasteiger partial charge in [-0.1, -0.05) is 54.1 Å². The summed E-state index contributed by atoms with van der Waals surface area (Å²) in [7, 11) is 0. The summed E-state index contributed by atoms with van der Waals surface area (Å²) in [4.78, 5) is 0. The van der Waals surface area contributed by atoms with E-state index >= 15 is 0 Å². The second-order valence-corrected chi connectivity index (χ2v) is 5.86. The molecule has 3 rings (SSSR count). The Hall–Kier alpha value is -1.31. The smallest absolute Gasteiger partial charge is 0.0435 e. The molecule has 0 radical (unpaired) electrons. The Labute approximate surface area is 119 Å². The van der Waals surface area contributed by atoms with E-state index in [1.54, 1.807) is 0 Å². The predicted octanol–water partition coefficient (Wildman–Crippen LogP) is 4.45. The topological polar surface area (TPSA) is 26.0 Å². The molecule has 19 heavy (non-hydrogen) atoms. The first-order valence-corrected chi connectivity index (χ1v) is 7.11. The molecule has 0 spiro atoms. The molecular weight excluding hydrogens is 254 g/mol. The monoisotopic (exact) mass is 271 g/mol. The maximum atomic E-state index is 6.40. The molecule has 0 bridgehead atoms. The summed E-state index contributed by atoms with van der Waals surface area (Å²) in [6, 6.07) is 16.9. The van der Waals surface area contributed by atoms with Crippen molar-refractivity contribution in [2.45, 2.75) is 25.3 Å². The molecule has 1 aliphatic carbocycles. The van der Waals surface area contributed by atoms with Gasteiger partial charge >= 0.3 is 0 Å². The van der Waals surface area contributed by atoms with E-state index in [-0.39, 0.29) is 6.04 Å². The summed E-state index contributed by atoms with van der Waals surface area (Å²) in [5.41, 5.74) is 10.1. The molecule has 0 saturated heterocycles. The van der Waals surface area contributed by atoms with E-state index in [1.807, 2.05) is 13.0 Å². The lowest BCUT2D eigenvalue weighted by Crippen LogP contribution is -2.13. The minimum absolute atomic E-state index is 0.112. The minimum Gasteiger partial charge on any atom is -0.324 e. The first-order valence-electron chi connectivity index (χ1n) is 6.73. The lowest BCUT2D eigenvalue weighted by Gasteiger charge is -2.13. The first-order chi connectivity index (χ1) is 9.16. The number of hydrogen-bond acceptors (Lipinski definition) is 1. The van der Waals surface area contributed by atoms with Crippen molar-refractivity contribution in [3.63, 3.8) is 0 Å². The van der Waals surface area contributed by atoms with Crippen LogP contribution < -0.4 is 5.73 Å². The van der Waals surface area contributed by atoms with Gasteiger partial charge in [0.2, 0.25) is 0 Å². The van der Waals surface area contributed by atoms with Crippen LogP contribution in [0.15, 0.2) is 48.5 Å². The Morgan fingerprint density at radius 2 is 1.89 bits per heavy atom. The van der Waals surface area contributed by atoms with Gasteiger partial charge in [-0.3, -0.25) is 0 Å². The number of nitrogens with two attached hydrogens (primary N) is 1. The number of rotatable bonds is 3. The highest BCUT2D eigenvalue weighted by atomic mass is 35.5. The van der Waals surface area contributed by atoms with E-state index < -0.39 is 0 Å². The Bertz CT molecular complexity index is 579. The van der Waals surface area contributed by atoms with Gasteiger partial charge in [0.05, 0.1) is 0 Å². The molecule has 0 aliphatic heterocycles. The van der Waals surface area contributed by atoms with Crippen LogP contribution in [0.5, 0.6) is 0 Å². The van der Waals surface area contributed by atoms with Gasteiger partial charge in [-0.2, -0.15) is 0 Å². The number of halogens is 1. The number of aryl methyl sites for hydroxylation is 1. The maximum absolute atomic E-state index is 6.40. The van der Waals surface area contributed by atoms with Crippen molar-refractivity contribution < 1.29 is 0 Å². The molecule has 0 amide bonds. The molecule has 3 unspecified atom stereocenters. The Balaban J connectivity index is 1.76. The molecule has 3 atom stereocenters. The van der Waals surface area contributed by atoms with Crippen LogP contribution >= 0.6 is 11.6 Å². The molecule has 0 aromatic heterocycles. The van der Waals surface area contributed by atoms with Crippen molar-refractivity contribution in [2.75, 3.05) is 0 Å². The van der Waals surface area contributed by atoms with Gasteiger partial charge < -0.3 is 5.73 Å². The van der Waals surface area contributed by atoms with Crippen molar-refractivity contribution >= 4 is 11.6 Å². The van der Waals surface area contributed by atoms with Crippen molar-refractivity contribution in [1.82, 2.24) is 0 Å². The van der Waals surface area contributed by atoms with Crippen molar-refractivity contribution in [3.8, 4) is 0 Å². The van der Waals surface area contributed by atoms with Crippen LogP contribution in [-0.4, -0.2) is 0 Å². The Kier molecular flexibility index (Phi) is 3.34. The Morgan fingerprint density at radius 1 is 1.16 bits per heavy atom. The molecule has 1 nitrogen and oxygen atoms in total. The fraction of sp³-hybridized carbons (Fsp3) is 0.294. The lowest BCUT2D eigenvalue weighted by molar-refractivity contribution is 0.615. The van der Waals surface area contributed by atoms with E-state index in [0.717, 1.165) is 10.6 Å². The molecule has 0 heterocycles. The van der Waals surface area contributed by atoms with Gasteiger partial charge in [-0.15, -0.1) is 0 Å². The van der Waals surface area contributed by atoms with Crippen LogP contribution in [0, 0.1) is 12.8 Å². The molecule has 2 aromatic rings. The highest BCUT2D eigenvalue weighted by Gasteiger charge is 2.42. The highest BCUT2D eigenvalue weighted by Crippen LogP contribution is 2.53. The second kappa shape index (κ2) is 4.99. The van der Waals surface area contributed by atoms with Crippen molar-refractivity contribution in [3.05, 3.63) is 70.2 Å². The van der Waals surface area contributed by atoms with Crippen LogP contribution in [0.2, 0.25) is 5.02 Å². The summed E-state index contributed by atoms with van der Waals surface area (Å²) in [6.45, 7) is 2.03. The normalized spacial score (nSPS) is 23.1. The quantitative estimate of drug-likeness (QED) is 0.877. The largest absolute Gasteiger partial charge is 0.324 e. The number of hydrogen-bond donors (Lipinski definition) is 1. The zero-order valence-electron chi connectivity index (χ0n) is 11.0. The van der Waals surface area contributed by atoms with Gasteiger partial charge in [0.1, 0.15) is 0 Å². The van der Waals surface area contributed by atoms with Crippen LogP contribution in [-0.2, 0) is 0 Å². The van der Waals surface area contributed by atoms with Crippen LogP contribution in [0.1, 0.15) is 35.1 Å². The van der Waals surface area contributed by atoms with Gasteiger partial charge in [0.15, 0.2) is 0 Å². The fourth-order valence-corrected chi connectivity index (χ4v) is 2.94. The maximum Gasteiger partial charge on any atom is 0.0435 e. The SMILES string of the molecule is Cc1cc(C(N)C2CC2c2ccccc2)ccc1Cl. The highest BCUT2D eigenvalue weighted by molar-refractivity contribution is 6.31. The summed E-state index contributed by atoms with van der Waals surface area (Å²) in [6.07, 6.45) is 1.19. The average Bonchev–Trinajstić information content (AvgIpc) is 3.22. The molecule has 1 fully saturated rings. The van der Waals surface area contributed by atoms with Crippen LogP contribution in [0.25, 0.3) is 0 Å². The van der Waals surface area contributed by atoms with E-state index in [0.29, 0.717) is 11.8 Å². The van der Waals surface area contributed by atoms with Crippen molar-refractivity contribution in [1.29, 1.82) is 0 Å². The molecule has 1 saturated carbocycles. The third-order valence-corrected chi connectivity index (χ3v) is 4.52. The Morgan fingerprint density at radius 3 is 2.58 bits per heavy atom. The summed E-state index contributed by atoms with van der Waals surface area (Å²) >= 11 is 6.06. The van der Waals surface area contributed by atoms with Gasteiger partial charge in [-0.05, 0) is 47.9 Å². The van der Waals surface area contributed by atoms with Crippen LogP contribution in [0.4, 0.5) is 0 Å². The molecule has 1 aliphatic rings. The third-order valence-electron chi connectivity index (χ3n) is 4.10. The zero-order chi connectivity index (χ0) is 13.4. The second-order valence-electron chi connectivity index (χ2n) is 5.45. The van der Waals surface area contributed by atoms with Gasteiger partial charge in [0, 0.05) is 11.1 Å². The minimum atomic E-state index is 0.112. The molecular formula is C17H18ClN. The standard InChI is InChI=1S/C17H18ClN/c1-11-9-13(7-8-16(11)18)17(19)15-10-14(15)12-5-3-2-4-6-12/h2-9,14-15,17H,10,19H2,1H3. The molecule has 2 heteroatoms. The average molecular weight is 272 g/mol. The summed E-state index contributed by atoms with van der Waals surface area (Å²) in [5.74, 6) is 1.18. The van der Waals surface area contributed by atoms with Gasteiger partial charge in [-0.25, -0.2) is 0 Å². The first kappa shape index (κ1) is 12.7. The molecule has 2 aromatic carbocycles. The zero-order valence-corrected chi connectivity index (χ0v) is 11.8. The summed E-state index contributed by atoms with van der Waals surface area (Å²) in [5, 5.41) is 0.811. The van der Waals surface area contributed by atoms with E-state index in [1.165, 1.54) is 17.5 Å². The molecule has 98 valence electrons. The lowest BCUT2D eigenvalue weighted by atomic mass is 9.98. The van der Waals surface area contributed by atoms with E-state index in [2.05, 4.69) is 42.5 Å². The predicted molar refractivity (Wildman–Crippen MR) is 80.4 cm³/mol.